The molecule has 0 bridgehead atoms. The largest absolute Gasteiger partial charge is 0.469 e. The number of esters is 1. The zero-order valence-corrected chi connectivity index (χ0v) is 12.0. The Balaban J connectivity index is 3.47. The van der Waals surface area contributed by atoms with E-state index >= 15 is 0 Å². The molecule has 0 spiro atoms. The highest BCUT2D eigenvalue weighted by Crippen LogP contribution is 2.00. The van der Waals surface area contributed by atoms with E-state index in [2.05, 4.69) is 35.1 Å². The number of aliphatic hydroxyl groups excluding tert-OH is 1. The summed E-state index contributed by atoms with van der Waals surface area (Å²) >= 11 is 0. The molecule has 0 unspecified atom stereocenters. The van der Waals surface area contributed by atoms with Crippen molar-refractivity contribution in [3.05, 3.63) is 36.5 Å². The third-order valence-corrected chi connectivity index (χ3v) is 2.61. The van der Waals surface area contributed by atoms with E-state index in [9.17, 15) is 4.79 Å². The zero-order valence-electron chi connectivity index (χ0n) is 12.0. The molecule has 19 heavy (non-hydrogen) atoms. The highest BCUT2D eigenvalue weighted by Gasteiger charge is 1.96. The summed E-state index contributed by atoms with van der Waals surface area (Å²) in [5.74, 6) is 0.0975. The van der Waals surface area contributed by atoms with Gasteiger partial charge in [0.2, 0.25) is 0 Å². The maximum absolute atomic E-state index is 10.8. The normalized spacial score (nSPS) is 13.6. The van der Waals surface area contributed by atoms with Crippen molar-refractivity contribution < 1.29 is 14.6 Å². The molecule has 1 N–H and O–H groups in total. The van der Waals surface area contributed by atoms with Gasteiger partial charge in [0.05, 0.1) is 7.11 Å². The second-order valence-corrected chi connectivity index (χ2v) is 4.47. The van der Waals surface area contributed by atoms with E-state index in [0.29, 0.717) is 6.42 Å². The van der Waals surface area contributed by atoms with Gasteiger partial charge in [-0.1, -0.05) is 43.4 Å². The molecule has 3 heteroatoms. The number of carbonyl (C=O) groups excluding carboxylic acids is 1. The zero-order chi connectivity index (χ0) is 14.3. The van der Waals surface area contributed by atoms with Crippen molar-refractivity contribution in [2.45, 2.75) is 39.0 Å². The van der Waals surface area contributed by atoms with Gasteiger partial charge in [-0.25, -0.2) is 0 Å². The number of rotatable bonds is 10. The fraction of sp³-hybridized carbons (Fsp3) is 0.562. The summed E-state index contributed by atoms with van der Waals surface area (Å²) in [6, 6.07) is 0. The summed E-state index contributed by atoms with van der Waals surface area (Å²) in [7, 11) is 1.42. The summed E-state index contributed by atoms with van der Waals surface area (Å²) < 4.78 is 4.56. The smallest absolute Gasteiger partial charge is 0.305 e. The average Bonchev–Trinajstić information content (AvgIpc) is 2.43. The number of methoxy groups -OCH3 is 1. The van der Waals surface area contributed by atoms with Gasteiger partial charge in [0, 0.05) is 13.0 Å². The Morgan fingerprint density at radius 2 is 1.79 bits per heavy atom. The molecule has 0 saturated carbocycles. The Labute approximate surface area is 116 Å². The first kappa shape index (κ1) is 17.6. The van der Waals surface area contributed by atoms with Crippen molar-refractivity contribution in [3.8, 4) is 0 Å². The van der Waals surface area contributed by atoms with Crippen LogP contribution in [0.4, 0.5) is 0 Å². The number of hydrogen-bond donors (Lipinski definition) is 1. The van der Waals surface area contributed by atoms with E-state index in [1.54, 1.807) is 0 Å². The lowest BCUT2D eigenvalue weighted by molar-refractivity contribution is -0.140. The minimum Gasteiger partial charge on any atom is -0.469 e. The number of ether oxygens (including phenoxy) is 1. The Morgan fingerprint density at radius 1 is 1.16 bits per heavy atom. The molecule has 0 heterocycles. The van der Waals surface area contributed by atoms with Gasteiger partial charge < -0.3 is 9.84 Å². The summed E-state index contributed by atoms with van der Waals surface area (Å²) in [5, 5.41) is 8.82. The van der Waals surface area contributed by atoms with Crippen LogP contribution in [0.2, 0.25) is 0 Å². The van der Waals surface area contributed by atoms with Crippen LogP contribution in [0.5, 0.6) is 0 Å². The van der Waals surface area contributed by atoms with Crippen molar-refractivity contribution >= 4 is 5.97 Å². The summed E-state index contributed by atoms with van der Waals surface area (Å²) in [5.41, 5.74) is 0. The van der Waals surface area contributed by atoms with Crippen LogP contribution < -0.4 is 0 Å². The van der Waals surface area contributed by atoms with Gasteiger partial charge >= 0.3 is 5.97 Å². The predicted octanol–water partition coefficient (Wildman–Crippen LogP) is 3.41. The predicted molar refractivity (Wildman–Crippen MR) is 78.8 cm³/mol. The molecule has 0 radical (unpaired) electrons. The quantitative estimate of drug-likeness (QED) is 0.374. The molecular weight excluding hydrogens is 240 g/mol. The second-order valence-electron chi connectivity index (χ2n) is 4.47. The van der Waals surface area contributed by atoms with Crippen LogP contribution in [0.1, 0.15) is 39.0 Å². The van der Waals surface area contributed by atoms with Gasteiger partial charge in [-0.3, -0.25) is 4.79 Å². The molecule has 0 aliphatic carbocycles. The average molecular weight is 266 g/mol. The number of carbonyl (C=O) groups is 1. The van der Waals surface area contributed by atoms with Crippen LogP contribution in [0.25, 0.3) is 0 Å². The van der Waals surface area contributed by atoms with E-state index in [1.165, 1.54) is 7.11 Å². The van der Waals surface area contributed by atoms with Crippen LogP contribution in [-0.2, 0) is 9.53 Å². The highest BCUT2D eigenvalue weighted by atomic mass is 16.5. The standard InChI is InChI=1S/C16H26O3/c1-15(14-17)12-10-8-6-4-3-5-7-9-11-13-16(18)19-2/h4-7,10,12,15,17H,3,8-9,11,13-14H2,1-2H3/b6-4-,7-5-,12-10-/t15-/m0/s1. The molecular formula is C16H26O3. The monoisotopic (exact) mass is 266 g/mol. The Morgan fingerprint density at radius 3 is 2.42 bits per heavy atom. The molecule has 1 atom stereocenters. The third-order valence-electron chi connectivity index (χ3n) is 2.61. The first-order chi connectivity index (χ1) is 9.20. The SMILES string of the molecule is COC(=O)CCC/C=C\C/C=C\C/C=C\[C@H](C)CO. The highest BCUT2D eigenvalue weighted by molar-refractivity contribution is 5.68. The van der Waals surface area contributed by atoms with Crippen molar-refractivity contribution in [2.75, 3.05) is 13.7 Å². The maximum Gasteiger partial charge on any atom is 0.305 e. The van der Waals surface area contributed by atoms with Gasteiger partial charge in [0.15, 0.2) is 0 Å². The minimum atomic E-state index is -0.141. The van der Waals surface area contributed by atoms with E-state index < -0.39 is 0 Å². The van der Waals surface area contributed by atoms with Crippen LogP contribution in [0, 0.1) is 5.92 Å². The number of unbranched alkanes of at least 4 members (excludes halogenated alkanes) is 1. The Kier molecular flexibility index (Phi) is 12.2. The molecule has 0 rings (SSSR count). The lowest BCUT2D eigenvalue weighted by atomic mass is 10.1. The van der Waals surface area contributed by atoms with Crippen molar-refractivity contribution in [1.29, 1.82) is 0 Å². The van der Waals surface area contributed by atoms with Crippen LogP contribution in [-0.4, -0.2) is 24.8 Å². The molecule has 0 aromatic carbocycles. The maximum atomic E-state index is 10.8. The van der Waals surface area contributed by atoms with E-state index in [1.807, 2.05) is 13.0 Å². The van der Waals surface area contributed by atoms with E-state index in [0.717, 1.165) is 25.7 Å². The lowest BCUT2D eigenvalue weighted by Gasteiger charge is -1.96. The minimum absolute atomic E-state index is 0.141. The molecule has 0 amide bonds. The van der Waals surface area contributed by atoms with Gasteiger partial charge in [-0.05, 0) is 31.6 Å². The molecule has 0 saturated heterocycles. The van der Waals surface area contributed by atoms with Gasteiger partial charge in [-0.2, -0.15) is 0 Å². The Bertz CT molecular complexity index is 303. The Hall–Kier alpha value is -1.35. The fourth-order valence-corrected chi connectivity index (χ4v) is 1.40. The van der Waals surface area contributed by atoms with E-state index in [-0.39, 0.29) is 18.5 Å². The number of hydrogen-bond acceptors (Lipinski definition) is 3. The fourth-order valence-electron chi connectivity index (χ4n) is 1.40. The van der Waals surface area contributed by atoms with Gasteiger partial charge in [0.1, 0.15) is 0 Å². The molecule has 3 nitrogen and oxygen atoms in total. The first-order valence-electron chi connectivity index (χ1n) is 6.85. The molecule has 0 aliphatic rings. The summed E-state index contributed by atoms with van der Waals surface area (Å²) in [4.78, 5) is 10.8. The van der Waals surface area contributed by atoms with Gasteiger partial charge in [-0.15, -0.1) is 0 Å². The molecule has 0 fully saturated rings. The molecule has 0 aromatic rings. The van der Waals surface area contributed by atoms with Crippen molar-refractivity contribution in [3.63, 3.8) is 0 Å². The summed E-state index contributed by atoms with van der Waals surface area (Å²) in [6.07, 6.45) is 16.6. The van der Waals surface area contributed by atoms with Crippen LogP contribution in [0.3, 0.4) is 0 Å². The van der Waals surface area contributed by atoms with Crippen LogP contribution in [0.15, 0.2) is 36.5 Å². The molecule has 0 aliphatic heterocycles. The number of allylic oxidation sites excluding steroid dienone is 5. The molecule has 108 valence electrons. The topological polar surface area (TPSA) is 46.5 Å². The van der Waals surface area contributed by atoms with Crippen molar-refractivity contribution in [2.24, 2.45) is 5.92 Å². The third kappa shape index (κ3) is 12.9. The summed E-state index contributed by atoms with van der Waals surface area (Å²) in [6.45, 7) is 2.19. The van der Waals surface area contributed by atoms with Crippen LogP contribution >= 0.6 is 0 Å². The first-order valence-corrected chi connectivity index (χ1v) is 6.85. The van der Waals surface area contributed by atoms with E-state index in [4.69, 9.17) is 5.11 Å². The second kappa shape index (κ2) is 13.1. The van der Waals surface area contributed by atoms with Crippen molar-refractivity contribution in [1.82, 2.24) is 0 Å². The lowest BCUT2D eigenvalue weighted by Crippen LogP contribution is -1.98. The number of aliphatic hydroxyl groups is 1. The molecule has 0 aromatic heterocycles. The van der Waals surface area contributed by atoms with Gasteiger partial charge in [0.25, 0.3) is 0 Å².